The molecule has 28 heavy (non-hydrogen) atoms. The summed E-state index contributed by atoms with van der Waals surface area (Å²) in [7, 11) is 0. The number of carbonyl (C=O) groups is 1. The lowest BCUT2D eigenvalue weighted by Gasteiger charge is -2.30. The van der Waals surface area contributed by atoms with E-state index in [1.165, 1.54) is 47.9 Å². The van der Waals surface area contributed by atoms with Crippen molar-refractivity contribution in [3.05, 3.63) is 16.5 Å². The van der Waals surface area contributed by atoms with Gasteiger partial charge in [-0.25, -0.2) is 0 Å². The molecule has 0 saturated heterocycles. The summed E-state index contributed by atoms with van der Waals surface area (Å²) in [5.74, 6) is 1.93. The van der Waals surface area contributed by atoms with Crippen molar-refractivity contribution in [3.8, 4) is 10.8 Å². The molecule has 0 unspecified atom stereocenters. The van der Waals surface area contributed by atoms with Crippen molar-refractivity contribution in [2.24, 2.45) is 11.8 Å². The Morgan fingerprint density at radius 3 is 2.93 bits per heavy atom. The van der Waals surface area contributed by atoms with Crippen molar-refractivity contribution >= 4 is 29.0 Å². The quantitative estimate of drug-likeness (QED) is 0.683. The van der Waals surface area contributed by atoms with Gasteiger partial charge in [0.05, 0.1) is 10.1 Å². The van der Waals surface area contributed by atoms with Crippen molar-refractivity contribution in [3.63, 3.8) is 0 Å². The second-order valence-electron chi connectivity index (χ2n) is 8.42. The van der Waals surface area contributed by atoms with E-state index in [4.69, 9.17) is 4.42 Å². The molecule has 4 atom stereocenters. The molecule has 0 spiro atoms. The summed E-state index contributed by atoms with van der Waals surface area (Å²) in [4.78, 5) is 15.1. The van der Waals surface area contributed by atoms with E-state index < -0.39 is 0 Å². The molecule has 1 N–H and O–H groups in total. The number of thiophene rings is 1. The summed E-state index contributed by atoms with van der Waals surface area (Å²) in [6.45, 7) is 6.44. The van der Waals surface area contributed by atoms with E-state index in [1.54, 1.807) is 11.3 Å². The first kappa shape index (κ1) is 20.0. The van der Waals surface area contributed by atoms with E-state index in [0.717, 1.165) is 30.1 Å². The van der Waals surface area contributed by atoms with Gasteiger partial charge in [-0.2, -0.15) is 0 Å². The summed E-state index contributed by atoms with van der Waals surface area (Å²) < 4.78 is 5.88. The van der Waals surface area contributed by atoms with Crippen LogP contribution in [0.4, 0.5) is 0 Å². The molecule has 0 radical (unpaired) electrons. The Labute approximate surface area is 175 Å². The highest BCUT2D eigenvalue weighted by Gasteiger charge is 2.26. The predicted molar refractivity (Wildman–Crippen MR) is 114 cm³/mol. The topological polar surface area (TPSA) is 68.0 Å². The molecule has 1 saturated carbocycles. The fourth-order valence-electron chi connectivity index (χ4n) is 4.20. The van der Waals surface area contributed by atoms with Crippen LogP contribution in [-0.4, -0.2) is 27.4 Å². The second-order valence-corrected chi connectivity index (χ2v) is 10.8. The molecule has 152 valence electrons. The molecule has 2 heterocycles. The Morgan fingerprint density at radius 2 is 2.11 bits per heavy atom. The first-order chi connectivity index (χ1) is 13.5. The van der Waals surface area contributed by atoms with Gasteiger partial charge in [-0.1, -0.05) is 38.5 Å². The minimum absolute atomic E-state index is 0.0593. The van der Waals surface area contributed by atoms with Crippen LogP contribution in [0.25, 0.3) is 10.8 Å². The highest BCUT2D eigenvalue weighted by molar-refractivity contribution is 8.00. The second kappa shape index (κ2) is 8.57. The number of aromatic nitrogens is 2. The molecule has 1 fully saturated rings. The molecule has 5 nitrogen and oxygen atoms in total. The average Bonchev–Trinajstić information content (AvgIpc) is 3.29. The fourth-order valence-corrected chi connectivity index (χ4v) is 6.03. The van der Waals surface area contributed by atoms with Crippen LogP contribution in [0.3, 0.4) is 0 Å². The number of thioether (sulfide) groups is 1. The molecule has 4 rings (SSSR count). The van der Waals surface area contributed by atoms with Crippen LogP contribution >= 0.6 is 23.1 Å². The average molecular weight is 420 g/mol. The highest BCUT2D eigenvalue weighted by atomic mass is 32.2. The molecule has 0 aliphatic heterocycles. The van der Waals surface area contributed by atoms with Gasteiger partial charge in [0.25, 0.3) is 11.1 Å². The fraction of sp³-hybridized carbons (Fsp3) is 0.667. The van der Waals surface area contributed by atoms with Crippen molar-refractivity contribution in [2.45, 2.75) is 82.2 Å². The minimum Gasteiger partial charge on any atom is -0.410 e. The number of hydrogen-bond donors (Lipinski definition) is 1. The van der Waals surface area contributed by atoms with Crippen LogP contribution in [0.2, 0.25) is 0 Å². The number of nitrogens with zero attached hydrogens (tertiary/aromatic N) is 2. The number of hydrogen-bond acceptors (Lipinski definition) is 6. The maximum Gasteiger partial charge on any atom is 0.277 e. The first-order valence-electron chi connectivity index (χ1n) is 10.4. The summed E-state index contributed by atoms with van der Waals surface area (Å²) >= 11 is 3.11. The first-order valence-corrected chi connectivity index (χ1v) is 12.1. The van der Waals surface area contributed by atoms with Gasteiger partial charge in [0.2, 0.25) is 5.91 Å². The Bertz CT molecular complexity index is 831. The molecule has 2 aliphatic carbocycles. The van der Waals surface area contributed by atoms with Crippen LogP contribution in [-0.2, 0) is 17.6 Å². The van der Waals surface area contributed by atoms with Gasteiger partial charge in [-0.3, -0.25) is 4.79 Å². The Kier molecular flexibility index (Phi) is 6.11. The smallest absolute Gasteiger partial charge is 0.277 e. The predicted octanol–water partition coefficient (Wildman–Crippen LogP) is 5.10. The van der Waals surface area contributed by atoms with Gasteiger partial charge in [0, 0.05) is 10.9 Å². The lowest BCUT2D eigenvalue weighted by atomic mass is 9.86. The SMILES string of the molecule is C[C@@H]1CCc2sc(-c3nnc(S[C@H](C)C(=O)N[C@@H]4CCCC[C@@H]4C)o3)cc2C1. The van der Waals surface area contributed by atoms with Crippen molar-refractivity contribution in [1.82, 2.24) is 15.5 Å². The lowest BCUT2D eigenvalue weighted by molar-refractivity contribution is -0.121. The number of nitrogens with one attached hydrogen (secondary N) is 1. The standard InChI is InChI=1S/C21H29N3O2S2/c1-12-8-9-17-15(10-12)11-18(28-17)20-23-24-21(26-20)27-14(3)19(25)22-16-7-5-4-6-13(16)2/h11-14,16H,4-10H2,1-3H3,(H,22,25)/t12-,13+,14-,16-/m1/s1. The number of rotatable bonds is 5. The van der Waals surface area contributed by atoms with E-state index in [-0.39, 0.29) is 11.2 Å². The maximum atomic E-state index is 12.6. The number of carbonyl (C=O) groups excluding carboxylic acids is 1. The molecule has 0 bridgehead atoms. The molecule has 7 heteroatoms. The summed E-state index contributed by atoms with van der Waals surface area (Å²) in [6.07, 6.45) is 8.29. The third kappa shape index (κ3) is 4.46. The van der Waals surface area contributed by atoms with E-state index in [9.17, 15) is 4.79 Å². The van der Waals surface area contributed by atoms with Crippen molar-refractivity contribution < 1.29 is 9.21 Å². The third-order valence-electron chi connectivity index (χ3n) is 6.03. The molecule has 2 aromatic heterocycles. The highest BCUT2D eigenvalue weighted by Crippen LogP contribution is 2.37. The van der Waals surface area contributed by atoms with Gasteiger partial charge in [0.15, 0.2) is 0 Å². The molecule has 1 amide bonds. The number of amides is 1. The van der Waals surface area contributed by atoms with Crippen LogP contribution in [0.15, 0.2) is 15.7 Å². The number of fused-ring (bicyclic) bond motifs is 1. The monoisotopic (exact) mass is 419 g/mol. The van der Waals surface area contributed by atoms with Crippen LogP contribution in [0, 0.1) is 11.8 Å². The summed E-state index contributed by atoms with van der Waals surface area (Å²) in [5, 5.41) is 11.8. The zero-order valence-electron chi connectivity index (χ0n) is 16.9. The van der Waals surface area contributed by atoms with E-state index in [1.807, 2.05) is 6.92 Å². The maximum absolute atomic E-state index is 12.6. The zero-order chi connectivity index (χ0) is 19.7. The van der Waals surface area contributed by atoms with E-state index in [2.05, 4.69) is 35.4 Å². The summed E-state index contributed by atoms with van der Waals surface area (Å²) in [5.41, 5.74) is 1.43. The molecular formula is C21H29N3O2S2. The molecule has 2 aliphatic rings. The van der Waals surface area contributed by atoms with Gasteiger partial charge in [0.1, 0.15) is 0 Å². The Hall–Kier alpha value is -1.34. The largest absolute Gasteiger partial charge is 0.410 e. The van der Waals surface area contributed by atoms with Crippen LogP contribution in [0.1, 0.15) is 63.3 Å². The Morgan fingerprint density at radius 1 is 1.29 bits per heavy atom. The summed E-state index contributed by atoms with van der Waals surface area (Å²) in [6, 6.07) is 2.50. The lowest BCUT2D eigenvalue weighted by Crippen LogP contribution is -2.44. The van der Waals surface area contributed by atoms with Gasteiger partial charge in [-0.15, -0.1) is 21.5 Å². The van der Waals surface area contributed by atoms with Gasteiger partial charge < -0.3 is 9.73 Å². The van der Waals surface area contributed by atoms with Crippen LogP contribution in [0.5, 0.6) is 0 Å². The normalized spacial score (nSPS) is 25.9. The third-order valence-corrected chi connectivity index (χ3v) is 8.19. The molecular weight excluding hydrogens is 390 g/mol. The van der Waals surface area contributed by atoms with Crippen molar-refractivity contribution in [2.75, 3.05) is 0 Å². The van der Waals surface area contributed by atoms with Crippen molar-refractivity contribution in [1.29, 1.82) is 0 Å². The number of aryl methyl sites for hydroxylation is 1. The van der Waals surface area contributed by atoms with E-state index >= 15 is 0 Å². The molecule has 0 aromatic carbocycles. The molecule has 2 aromatic rings. The van der Waals surface area contributed by atoms with Gasteiger partial charge in [-0.05, 0) is 62.5 Å². The minimum atomic E-state index is -0.250. The zero-order valence-corrected chi connectivity index (χ0v) is 18.5. The van der Waals surface area contributed by atoms with E-state index in [0.29, 0.717) is 23.1 Å². The van der Waals surface area contributed by atoms with Gasteiger partial charge >= 0.3 is 0 Å². The van der Waals surface area contributed by atoms with Crippen LogP contribution < -0.4 is 5.32 Å². The Balaban J connectivity index is 1.37.